The molecule has 0 bridgehead atoms. The van der Waals surface area contributed by atoms with E-state index in [0.717, 1.165) is 61.3 Å². The average molecular weight is 317 g/mol. The molecule has 0 aliphatic carbocycles. The second-order valence-electron chi connectivity index (χ2n) is 6.18. The van der Waals surface area contributed by atoms with Crippen LogP contribution in [-0.4, -0.2) is 49.3 Å². The van der Waals surface area contributed by atoms with Gasteiger partial charge in [0.05, 0.1) is 11.6 Å². The zero-order chi connectivity index (χ0) is 16.2. The van der Waals surface area contributed by atoms with Crippen molar-refractivity contribution in [2.24, 2.45) is 0 Å². The first kappa shape index (κ1) is 16.1. The van der Waals surface area contributed by atoms with Gasteiger partial charge >= 0.3 is 0 Å². The summed E-state index contributed by atoms with van der Waals surface area (Å²) in [5.41, 5.74) is 2.72. The SMILES string of the molecule is COC1CCN(CCNc2cc(C)nc3ccc(F)cc23)CC1. The third-order valence-electron chi connectivity index (χ3n) is 4.51. The predicted octanol–water partition coefficient (Wildman–Crippen LogP) is 3.21. The summed E-state index contributed by atoms with van der Waals surface area (Å²) < 4.78 is 18.9. The number of piperidine rings is 1. The number of likely N-dealkylation sites (tertiary alicyclic amines) is 1. The van der Waals surface area contributed by atoms with Gasteiger partial charge in [0.2, 0.25) is 0 Å². The number of hydrogen-bond donors (Lipinski definition) is 1. The van der Waals surface area contributed by atoms with Gasteiger partial charge in [0.25, 0.3) is 0 Å². The highest BCUT2D eigenvalue weighted by atomic mass is 19.1. The number of fused-ring (bicyclic) bond motifs is 1. The Balaban J connectivity index is 1.62. The zero-order valence-electron chi connectivity index (χ0n) is 13.8. The third-order valence-corrected chi connectivity index (χ3v) is 4.51. The molecule has 1 fully saturated rings. The highest BCUT2D eigenvalue weighted by Crippen LogP contribution is 2.24. The van der Waals surface area contributed by atoms with E-state index >= 15 is 0 Å². The van der Waals surface area contributed by atoms with Gasteiger partial charge in [0.1, 0.15) is 5.82 Å². The second-order valence-corrected chi connectivity index (χ2v) is 6.18. The van der Waals surface area contributed by atoms with Crippen LogP contribution in [0.15, 0.2) is 24.3 Å². The number of hydrogen-bond acceptors (Lipinski definition) is 4. The number of aromatic nitrogens is 1. The number of benzene rings is 1. The van der Waals surface area contributed by atoms with Crippen molar-refractivity contribution in [3.05, 3.63) is 35.8 Å². The van der Waals surface area contributed by atoms with E-state index in [2.05, 4.69) is 15.2 Å². The van der Waals surface area contributed by atoms with Crippen LogP contribution < -0.4 is 5.32 Å². The van der Waals surface area contributed by atoms with Crippen LogP contribution in [-0.2, 0) is 4.74 Å². The van der Waals surface area contributed by atoms with E-state index in [0.29, 0.717) is 6.10 Å². The van der Waals surface area contributed by atoms with E-state index in [4.69, 9.17) is 4.74 Å². The number of halogens is 1. The lowest BCUT2D eigenvalue weighted by Crippen LogP contribution is -2.39. The first-order valence-electron chi connectivity index (χ1n) is 8.21. The number of ether oxygens (including phenoxy) is 1. The van der Waals surface area contributed by atoms with E-state index in [1.54, 1.807) is 19.2 Å². The second kappa shape index (κ2) is 7.23. The highest BCUT2D eigenvalue weighted by Gasteiger charge is 2.18. The van der Waals surface area contributed by atoms with Crippen LogP contribution in [0.25, 0.3) is 10.9 Å². The normalized spacial score (nSPS) is 16.8. The van der Waals surface area contributed by atoms with Crippen LogP contribution in [0.2, 0.25) is 0 Å². The van der Waals surface area contributed by atoms with Gasteiger partial charge in [-0.05, 0) is 44.0 Å². The molecule has 4 nitrogen and oxygen atoms in total. The summed E-state index contributed by atoms with van der Waals surface area (Å²) in [5.74, 6) is -0.229. The largest absolute Gasteiger partial charge is 0.383 e. The molecule has 1 aromatic carbocycles. The van der Waals surface area contributed by atoms with Crippen LogP contribution in [0.4, 0.5) is 10.1 Å². The molecule has 0 spiro atoms. The standard InChI is InChI=1S/C18H24FN3O/c1-13-11-18(16-12-14(19)3-4-17(16)21-13)20-7-10-22-8-5-15(23-2)6-9-22/h3-4,11-12,15H,5-10H2,1-2H3,(H,20,21). The Bertz CT molecular complexity index is 669. The number of methoxy groups -OCH3 is 1. The van der Waals surface area contributed by atoms with Crippen LogP contribution in [0.5, 0.6) is 0 Å². The van der Waals surface area contributed by atoms with Crippen molar-refractivity contribution in [3.63, 3.8) is 0 Å². The molecule has 5 heteroatoms. The van der Waals surface area contributed by atoms with Gasteiger partial charge in [-0.3, -0.25) is 4.98 Å². The summed E-state index contributed by atoms with van der Waals surface area (Å²) in [6, 6.07) is 6.73. The van der Waals surface area contributed by atoms with Crippen LogP contribution in [0.3, 0.4) is 0 Å². The smallest absolute Gasteiger partial charge is 0.124 e. The van der Waals surface area contributed by atoms with Crippen molar-refractivity contribution in [1.29, 1.82) is 0 Å². The van der Waals surface area contributed by atoms with Crippen LogP contribution in [0.1, 0.15) is 18.5 Å². The maximum atomic E-state index is 13.5. The van der Waals surface area contributed by atoms with Gasteiger partial charge in [-0.2, -0.15) is 0 Å². The number of anilines is 1. The van der Waals surface area contributed by atoms with E-state index in [1.807, 2.05) is 13.0 Å². The van der Waals surface area contributed by atoms with Gasteiger partial charge in [0, 0.05) is 50.1 Å². The minimum Gasteiger partial charge on any atom is -0.383 e. The molecule has 0 radical (unpaired) electrons. The molecular weight excluding hydrogens is 293 g/mol. The Hall–Kier alpha value is -1.72. The van der Waals surface area contributed by atoms with Crippen molar-refractivity contribution in [2.45, 2.75) is 25.9 Å². The van der Waals surface area contributed by atoms with Gasteiger partial charge < -0.3 is 15.0 Å². The van der Waals surface area contributed by atoms with Crippen molar-refractivity contribution in [1.82, 2.24) is 9.88 Å². The molecule has 2 aromatic rings. The molecular formula is C18H24FN3O. The Labute approximate surface area is 136 Å². The molecule has 0 amide bonds. The molecule has 0 unspecified atom stereocenters. The molecule has 1 aromatic heterocycles. The Morgan fingerprint density at radius 2 is 2.09 bits per heavy atom. The molecule has 1 aliphatic rings. The first-order valence-corrected chi connectivity index (χ1v) is 8.21. The molecule has 1 saturated heterocycles. The number of rotatable bonds is 5. The lowest BCUT2D eigenvalue weighted by molar-refractivity contribution is 0.0423. The fourth-order valence-corrected chi connectivity index (χ4v) is 3.19. The maximum Gasteiger partial charge on any atom is 0.124 e. The fourth-order valence-electron chi connectivity index (χ4n) is 3.19. The number of aryl methyl sites for hydroxylation is 1. The van der Waals surface area contributed by atoms with Crippen molar-refractivity contribution in [3.8, 4) is 0 Å². The van der Waals surface area contributed by atoms with E-state index < -0.39 is 0 Å². The summed E-state index contributed by atoms with van der Waals surface area (Å²) in [7, 11) is 1.79. The number of nitrogens with zero attached hydrogens (tertiary/aromatic N) is 2. The molecule has 23 heavy (non-hydrogen) atoms. The molecule has 0 saturated carbocycles. The van der Waals surface area contributed by atoms with Gasteiger partial charge in [0.15, 0.2) is 0 Å². The van der Waals surface area contributed by atoms with Crippen molar-refractivity contribution >= 4 is 16.6 Å². The topological polar surface area (TPSA) is 37.4 Å². The number of nitrogens with one attached hydrogen (secondary N) is 1. The third kappa shape index (κ3) is 3.98. The first-order chi connectivity index (χ1) is 11.2. The maximum absolute atomic E-state index is 13.5. The lowest BCUT2D eigenvalue weighted by atomic mass is 10.1. The molecule has 1 aliphatic heterocycles. The van der Waals surface area contributed by atoms with E-state index in [9.17, 15) is 4.39 Å². The molecule has 124 valence electrons. The van der Waals surface area contributed by atoms with Crippen LogP contribution >= 0.6 is 0 Å². The summed E-state index contributed by atoms with van der Waals surface area (Å²) >= 11 is 0. The summed E-state index contributed by atoms with van der Waals surface area (Å²) in [6.45, 7) is 5.93. The minimum absolute atomic E-state index is 0.229. The summed E-state index contributed by atoms with van der Waals surface area (Å²) in [4.78, 5) is 6.91. The van der Waals surface area contributed by atoms with Gasteiger partial charge in [-0.1, -0.05) is 0 Å². The monoisotopic (exact) mass is 317 g/mol. The van der Waals surface area contributed by atoms with Gasteiger partial charge in [-0.15, -0.1) is 0 Å². The highest BCUT2D eigenvalue weighted by molar-refractivity contribution is 5.91. The molecule has 0 atom stereocenters. The molecule has 1 N–H and O–H groups in total. The average Bonchev–Trinajstić information content (AvgIpc) is 2.56. The Kier molecular flexibility index (Phi) is 5.08. The van der Waals surface area contributed by atoms with E-state index in [1.165, 1.54) is 6.07 Å². The predicted molar refractivity (Wildman–Crippen MR) is 91.4 cm³/mol. The van der Waals surface area contributed by atoms with Crippen molar-refractivity contribution < 1.29 is 9.13 Å². The quantitative estimate of drug-likeness (QED) is 0.919. The van der Waals surface area contributed by atoms with Gasteiger partial charge in [-0.25, -0.2) is 4.39 Å². The summed E-state index contributed by atoms with van der Waals surface area (Å²) in [6.07, 6.45) is 2.60. The number of pyridine rings is 1. The molecule has 2 heterocycles. The Morgan fingerprint density at radius 1 is 1.30 bits per heavy atom. The minimum atomic E-state index is -0.229. The van der Waals surface area contributed by atoms with E-state index in [-0.39, 0.29) is 5.82 Å². The summed E-state index contributed by atoms with van der Waals surface area (Å²) in [5, 5.41) is 4.29. The van der Waals surface area contributed by atoms with Crippen molar-refractivity contribution in [2.75, 3.05) is 38.6 Å². The lowest BCUT2D eigenvalue weighted by Gasteiger charge is -2.31. The molecule has 3 rings (SSSR count). The Morgan fingerprint density at radius 3 is 2.83 bits per heavy atom. The van der Waals surface area contributed by atoms with Crippen LogP contribution in [0, 0.1) is 12.7 Å². The fraction of sp³-hybridized carbons (Fsp3) is 0.500. The zero-order valence-corrected chi connectivity index (χ0v) is 13.8.